The molecule has 1 saturated heterocycles. The van der Waals surface area contributed by atoms with Crippen LogP contribution >= 0.6 is 12.4 Å². The highest BCUT2D eigenvalue weighted by molar-refractivity contribution is 5.95. The molecular formula is C18H32ClN5O2. The highest BCUT2D eigenvalue weighted by atomic mass is 35.5. The first-order chi connectivity index (χ1) is 11.8. The zero-order valence-corrected chi connectivity index (χ0v) is 17.2. The summed E-state index contributed by atoms with van der Waals surface area (Å²) in [5, 5.41) is 10.2. The number of aryl methyl sites for hydroxylation is 2. The van der Waals surface area contributed by atoms with Gasteiger partial charge in [0.1, 0.15) is 0 Å². The smallest absolute Gasteiger partial charge is 0.255 e. The van der Waals surface area contributed by atoms with Gasteiger partial charge in [-0.3, -0.25) is 19.2 Å². The molecule has 0 bridgehead atoms. The summed E-state index contributed by atoms with van der Waals surface area (Å²) in [6.45, 7) is 11.0. The fourth-order valence-electron chi connectivity index (χ4n) is 3.48. The third-order valence-electron chi connectivity index (χ3n) is 4.90. The molecule has 0 spiro atoms. The molecule has 2 atom stereocenters. The largest absolute Gasteiger partial charge is 0.358 e. The van der Waals surface area contributed by atoms with Crippen molar-refractivity contribution < 1.29 is 9.59 Å². The number of hydrogen-bond acceptors (Lipinski definition) is 4. The van der Waals surface area contributed by atoms with Crippen LogP contribution in [0.3, 0.4) is 0 Å². The van der Waals surface area contributed by atoms with Crippen molar-refractivity contribution in [2.75, 3.05) is 26.7 Å². The fraction of sp³-hybridized carbons (Fsp3) is 0.722. The number of likely N-dealkylation sites (tertiary alicyclic amines) is 1. The Morgan fingerprint density at radius 1 is 1.35 bits per heavy atom. The van der Waals surface area contributed by atoms with E-state index in [1.165, 1.54) is 0 Å². The fourth-order valence-corrected chi connectivity index (χ4v) is 3.48. The Kier molecular flexibility index (Phi) is 8.56. The predicted octanol–water partition coefficient (Wildman–Crippen LogP) is 1.46. The number of rotatable bonds is 7. The molecule has 2 amide bonds. The van der Waals surface area contributed by atoms with Gasteiger partial charge in [0.15, 0.2) is 0 Å². The van der Waals surface area contributed by atoms with Crippen LogP contribution in [0.15, 0.2) is 6.20 Å². The molecule has 2 N–H and O–H groups in total. The Balaban J connectivity index is 0.00000338. The molecule has 2 rings (SSSR count). The van der Waals surface area contributed by atoms with Crippen LogP contribution in [0.2, 0.25) is 0 Å². The van der Waals surface area contributed by atoms with E-state index in [0.29, 0.717) is 30.5 Å². The number of carbonyl (C=O) groups excluding carboxylic acids is 2. The molecule has 1 aliphatic rings. The van der Waals surface area contributed by atoms with Crippen molar-refractivity contribution in [3.05, 3.63) is 17.5 Å². The van der Waals surface area contributed by atoms with Gasteiger partial charge in [-0.15, -0.1) is 12.4 Å². The average molecular weight is 386 g/mol. The van der Waals surface area contributed by atoms with E-state index in [1.807, 2.05) is 17.8 Å². The molecule has 7 nitrogen and oxygen atoms in total. The molecule has 1 aromatic rings. The summed E-state index contributed by atoms with van der Waals surface area (Å²) < 4.78 is 1.83. The van der Waals surface area contributed by atoms with Gasteiger partial charge in [-0.2, -0.15) is 5.10 Å². The Labute approximate surface area is 162 Å². The van der Waals surface area contributed by atoms with Crippen LogP contribution in [-0.2, 0) is 11.3 Å². The monoisotopic (exact) mass is 385 g/mol. The van der Waals surface area contributed by atoms with E-state index in [4.69, 9.17) is 0 Å². The van der Waals surface area contributed by atoms with Crippen LogP contribution in [0, 0.1) is 18.8 Å². The summed E-state index contributed by atoms with van der Waals surface area (Å²) >= 11 is 0. The molecule has 0 aromatic carbocycles. The van der Waals surface area contributed by atoms with Gasteiger partial charge in [0.25, 0.3) is 5.91 Å². The van der Waals surface area contributed by atoms with Crippen LogP contribution in [0.1, 0.15) is 43.2 Å². The maximum absolute atomic E-state index is 12.7. The molecule has 1 aliphatic heterocycles. The molecule has 0 unspecified atom stereocenters. The Morgan fingerprint density at radius 2 is 2.04 bits per heavy atom. The number of hydrogen-bond donors (Lipinski definition) is 2. The van der Waals surface area contributed by atoms with E-state index in [1.54, 1.807) is 7.05 Å². The van der Waals surface area contributed by atoms with Crippen molar-refractivity contribution in [3.63, 3.8) is 0 Å². The highest BCUT2D eigenvalue weighted by Crippen LogP contribution is 2.24. The predicted molar refractivity (Wildman–Crippen MR) is 105 cm³/mol. The third-order valence-corrected chi connectivity index (χ3v) is 4.90. The second kappa shape index (κ2) is 9.92. The van der Waals surface area contributed by atoms with Gasteiger partial charge in [0, 0.05) is 38.9 Å². The topological polar surface area (TPSA) is 79.3 Å². The van der Waals surface area contributed by atoms with Gasteiger partial charge >= 0.3 is 0 Å². The normalized spacial score (nSPS) is 20.1. The maximum Gasteiger partial charge on any atom is 0.255 e. The number of nitrogens with one attached hydrogen (secondary N) is 2. The highest BCUT2D eigenvalue weighted by Gasteiger charge is 2.36. The minimum Gasteiger partial charge on any atom is -0.358 e. The lowest BCUT2D eigenvalue weighted by molar-refractivity contribution is -0.121. The van der Waals surface area contributed by atoms with E-state index < -0.39 is 0 Å². The first-order valence-electron chi connectivity index (χ1n) is 9.13. The summed E-state index contributed by atoms with van der Waals surface area (Å²) in [5.41, 5.74) is 1.40. The van der Waals surface area contributed by atoms with Gasteiger partial charge in [0.05, 0.1) is 17.8 Å². The molecule has 0 aliphatic carbocycles. The number of likely N-dealkylation sites (N-methyl/N-ethyl adjacent to an activating group) is 1. The van der Waals surface area contributed by atoms with Crippen molar-refractivity contribution in [1.29, 1.82) is 0 Å². The SMILES string of the molecule is CCCn1cc(C(=O)N[C@H]2CN(CC(=O)NC)C[C@@H]2C(C)C)c(C)n1.Cl. The average Bonchev–Trinajstić information content (AvgIpc) is 3.11. The second-order valence-corrected chi connectivity index (χ2v) is 7.25. The van der Waals surface area contributed by atoms with Crippen molar-refractivity contribution in [1.82, 2.24) is 25.3 Å². The summed E-state index contributed by atoms with van der Waals surface area (Å²) in [5.74, 6) is 0.701. The van der Waals surface area contributed by atoms with E-state index in [9.17, 15) is 9.59 Å². The van der Waals surface area contributed by atoms with E-state index in [-0.39, 0.29) is 30.3 Å². The van der Waals surface area contributed by atoms with Crippen molar-refractivity contribution in [3.8, 4) is 0 Å². The molecule has 148 valence electrons. The quantitative estimate of drug-likeness (QED) is 0.744. The van der Waals surface area contributed by atoms with Crippen molar-refractivity contribution in [2.24, 2.45) is 11.8 Å². The Hall–Kier alpha value is -1.60. The van der Waals surface area contributed by atoms with Gasteiger partial charge in [-0.25, -0.2) is 0 Å². The number of amides is 2. The molecule has 1 aromatic heterocycles. The van der Waals surface area contributed by atoms with E-state index in [2.05, 4.69) is 41.4 Å². The summed E-state index contributed by atoms with van der Waals surface area (Å²) in [7, 11) is 1.65. The van der Waals surface area contributed by atoms with Crippen LogP contribution in [0.4, 0.5) is 0 Å². The molecule has 8 heteroatoms. The summed E-state index contributed by atoms with van der Waals surface area (Å²) in [6.07, 6.45) is 2.81. The number of halogens is 1. The molecule has 0 radical (unpaired) electrons. The maximum atomic E-state index is 12.7. The zero-order valence-electron chi connectivity index (χ0n) is 16.4. The summed E-state index contributed by atoms with van der Waals surface area (Å²) in [6, 6.07) is 0.0473. The number of aromatic nitrogens is 2. The first-order valence-corrected chi connectivity index (χ1v) is 9.13. The second-order valence-electron chi connectivity index (χ2n) is 7.25. The standard InChI is InChI=1S/C18H31N5O2.ClH/c1-6-7-23-9-15(13(4)21-23)18(25)20-16-10-22(11-17(24)19-5)8-14(16)12(2)3;/h9,12,14,16H,6-8,10-11H2,1-5H3,(H,19,24)(H,20,25);1H/t14-,16+;/m1./s1. The molecular weight excluding hydrogens is 354 g/mol. The molecule has 1 fully saturated rings. The van der Waals surface area contributed by atoms with Crippen molar-refractivity contribution >= 4 is 24.2 Å². The molecule has 26 heavy (non-hydrogen) atoms. The van der Waals surface area contributed by atoms with Crippen LogP contribution in [0.25, 0.3) is 0 Å². The van der Waals surface area contributed by atoms with Gasteiger partial charge in [-0.1, -0.05) is 20.8 Å². The van der Waals surface area contributed by atoms with Gasteiger partial charge in [-0.05, 0) is 25.2 Å². The third kappa shape index (κ3) is 5.45. The van der Waals surface area contributed by atoms with Gasteiger partial charge in [0.2, 0.25) is 5.91 Å². The lowest BCUT2D eigenvalue weighted by atomic mass is 9.91. The molecule has 0 saturated carbocycles. The van der Waals surface area contributed by atoms with Crippen LogP contribution in [0.5, 0.6) is 0 Å². The van der Waals surface area contributed by atoms with E-state index >= 15 is 0 Å². The Bertz CT molecular complexity index is 617. The first kappa shape index (κ1) is 22.4. The zero-order chi connectivity index (χ0) is 18.6. The Morgan fingerprint density at radius 3 is 2.62 bits per heavy atom. The number of nitrogens with zero attached hydrogens (tertiary/aromatic N) is 3. The van der Waals surface area contributed by atoms with Crippen molar-refractivity contribution in [2.45, 2.75) is 46.7 Å². The minimum absolute atomic E-state index is 0. The van der Waals surface area contributed by atoms with E-state index in [0.717, 1.165) is 25.2 Å². The van der Waals surface area contributed by atoms with Crippen LogP contribution < -0.4 is 10.6 Å². The molecule has 2 heterocycles. The summed E-state index contributed by atoms with van der Waals surface area (Å²) in [4.78, 5) is 26.5. The van der Waals surface area contributed by atoms with Crippen LogP contribution in [-0.4, -0.2) is 59.2 Å². The lowest BCUT2D eigenvalue weighted by Gasteiger charge is -2.22. The number of carbonyl (C=O) groups is 2. The van der Waals surface area contributed by atoms with Gasteiger partial charge < -0.3 is 10.6 Å². The lowest BCUT2D eigenvalue weighted by Crippen LogP contribution is -2.42. The minimum atomic E-state index is -0.0719.